The molecule has 5 nitrogen and oxygen atoms in total. The minimum Gasteiger partial charge on any atom is -0.478 e. The minimum absolute atomic E-state index is 0.178. The van der Waals surface area contributed by atoms with Gasteiger partial charge in [0.15, 0.2) is 0 Å². The molecule has 100 valence electrons. The normalized spacial score (nSPS) is 38.0. The van der Waals surface area contributed by atoms with Gasteiger partial charge < -0.3 is 16.2 Å². The maximum Gasteiger partial charge on any atom is 0.339 e. The topological polar surface area (TPSA) is 88.2 Å². The molecular formula is C14H17N3O2. The minimum atomic E-state index is -0.976. The van der Waals surface area contributed by atoms with Crippen molar-refractivity contribution in [1.82, 2.24) is 4.98 Å². The molecule has 0 radical (unpaired) electrons. The van der Waals surface area contributed by atoms with E-state index in [-0.39, 0.29) is 5.56 Å². The maximum atomic E-state index is 11.2. The zero-order chi connectivity index (χ0) is 13.1. The summed E-state index contributed by atoms with van der Waals surface area (Å²) in [5.41, 5.74) is 6.17. The molecule has 0 aliphatic heterocycles. The van der Waals surface area contributed by atoms with Gasteiger partial charge in [-0.2, -0.15) is 0 Å². The zero-order valence-corrected chi connectivity index (χ0v) is 10.5. The second kappa shape index (κ2) is 3.62. The second-order valence-corrected chi connectivity index (χ2v) is 6.13. The van der Waals surface area contributed by atoms with Gasteiger partial charge in [0.1, 0.15) is 11.4 Å². The molecule has 1 heterocycles. The molecule has 4 unspecified atom stereocenters. The highest BCUT2D eigenvalue weighted by Crippen LogP contribution is 2.66. The lowest BCUT2D eigenvalue weighted by atomic mass is 10.0. The number of pyridine rings is 1. The van der Waals surface area contributed by atoms with E-state index in [0.717, 1.165) is 23.7 Å². The maximum absolute atomic E-state index is 11.2. The molecule has 1 aromatic heterocycles. The third-order valence-corrected chi connectivity index (χ3v) is 5.18. The average Bonchev–Trinajstić information content (AvgIpc) is 2.79. The van der Waals surface area contributed by atoms with Crippen molar-refractivity contribution in [2.45, 2.75) is 25.3 Å². The Hall–Kier alpha value is -1.78. The first-order valence-corrected chi connectivity index (χ1v) is 6.90. The van der Waals surface area contributed by atoms with E-state index in [2.05, 4.69) is 10.3 Å². The van der Waals surface area contributed by atoms with E-state index >= 15 is 0 Å². The van der Waals surface area contributed by atoms with Crippen LogP contribution in [-0.4, -0.2) is 22.1 Å². The van der Waals surface area contributed by atoms with Crippen molar-refractivity contribution < 1.29 is 9.90 Å². The Kier molecular flexibility index (Phi) is 2.11. The van der Waals surface area contributed by atoms with Crippen LogP contribution in [0.5, 0.6) is 0 Å². The lowest BCUT2D eigenvalue weighted by molar-refractivity contribution is 0.0697. The SMILES string of the molecule is Nc1cnc(NC2C3C4CCC(C4)C23)c(C(=O)O)c1. The lowest BCUT2D eigenvalue weighted by Crippen LogP contribution is -2.16. The number of carboxylic acids is 1. The molecule has 0 aromatic carbocycles. The van der Waals surface area contributed by atoms with Crippen molar-refractivity contribution in [3.05, 3.63) is 17.8 Å². The van der Waals surface area contributed by atoms with Gasteiger partial charge in [-0.25, -0.2) is 9.78 Å². The summed E-state index contributed by atoms with van der Waals surface area (Å²) in [5.74, 6) is 2.71. The summed E-state index contributed by atoms with van der Waals surface area (Å²) in [4.78, 5) is 15.4. The molecule has 4 N–H and O–H groups in total. The van der Waals surface area contributed by atoms with Gasteiger partial charge in [0.05, 0.1) is 11.9 Å². The molecule has 4 rings (SSSR count). The number of nitrogens with one attached hydrogen (secondary N) is 1. The van der Waals surface area contributed by atoms with Crippen LogP contribution in [-0.2, 0) is 0 Å². The molecule has 19 heavy (non-hydrogen) atoms. The van der Waals surface area contributed by atoms with Crippen LogP contribution >= 0.6 is 0 Å². The standard InChI is InChI=1S/C14H17N3O2/c15-8-4-9(14(18)19)13(16-5-8)17-12-10-6-1-2-7(3-6)11(10)12/h4-7,10-12H,1-3,15H2,(H,16,17)(H,18,19). The molecule has 3 fully saturated rings. The Bertz CT molecular complexity index is 544. The van der Waals surface area contributed by atoms with E-state index in [1.165, 1.54) is 31.5 Å². The van der Waals surface area contributed by atoms with E-state index in [9.17, 15) is 9.90 Å². The van der Waals surface area contributed by atoms with E-state index in [1.807, 2.05) is 0 Å². The molecule has 3 aliphatic rings. The molecule has 3 aliphatic carbocycles. The monoisotopic (exact) mass is 259 g/mol. The number of anilines is 2. The fraction of sp³-hybridized carbons (Fsp3) is 0.571. The number of hydrogen-bond donors (Lipinski definition) is 3. The molecule has 4 atom stereocenters. The van der Waals surface area contributed by atoms with Crippen LogP contribution in [0.4, 0.5) is 11.5 Å². The smallest absolute Gasteiger partial charge is 0.339 e. The highest BCUT2D eigenvalue weighted by Gasteiger charge is 2.65. The molecule has 0 spiro atoms. The van der Waals surface area contributed by atoms with Crippen LogP contribution < -0.4 is 11.1 Å². The number of rotatable bonds is 3. The summed E-state index contributed by atoms with van der Waals surface area (Å²) in [6.45, 7) is 0. The number of fused-ring (bicyclic) bond motifs is 5. The van der Waals surface area contributed by atoms with Crippen molar-refractivity contribution in [3.8, 4) is 0 Å². The van der Waals surface area contributed by atoms with E-state index in [1.54, 1.807) is 0 Å². The van der Waals surface area contributed by atoms with E-state index in [4.69, 9.17) is 5.73 Å². The first-order valence-electron chi connectivity index (χ1n) is 6.90. The van der Waals surface area contributed by atoms with Crippen molar-refractivity contribution >= 4 is 17.5 Å². The van der Waals surface area contributed by atoms with Gasteiger partial charge in [0.2, 0.25) is 0 Å². The van der Waals surface area contributed by atoms with Crippen LogP contribution in [0.3, 0.4) is 0 Å². The number of aromatic carboxylic acids is 1. The predicted octanol–water partition coefficient (Wildman–Crippen LogP) is 1.82. The largest absolute Gasteiger partial charge is 0.478 e. The summed E-state index contributed by atoms with van der Waals surface area (Å²) in [6, 6.07) is 1.91. The van der Waals surface area contributed by atoms with Gasteiger partial charge in [-0.05, 0) is 49.0 Å². The Morgan fingerprint density at radius 3 is 2.68 bits per heavy atom. The van der Waals surface area contributed by atoms with Gasteiger partial charge >= 0.3 is 5.97 Å². The van der Waals surface area contributed by atoms with Gasteiger partial charge in [-0.1, -0.05) is 0 Å². The first-order chi connectivity index (χ1) is 9.15. The summed E-state index contributed by atoms with van der Waals surface area (Å²) in [7, 11) is 0. The molecule has 1 aromatic rings. The van der Waals surface area contributed by atoms with Crippen LogP contribution in [0.2, 0.25) is 0 Å². The number of nitrogens with two attached hydrogens (primary N) is 1. The van der Waals surface area contributed by atoms with E-state index in [0.29, 0.717) is 17.5 Å². The molecule has 0 amide bonds. The van der Waals surface area contributed by atoms with Crippen molar-refractivity contribution in [1.29, 1.82) is 0 Å². The average molecular weight is 259 g/mol. The molecular weight excluding hydrogens is 242 g/mol. The molecule has 3 saturated carbocycles. The third kappa shape index (κ3) is 1.54. The summed E-state index contributed by atoms with van der Waals surface area (Å²) >= 11 is 0. The van der Waals surface area contributed by atoms with Crippen LogP contribution in [0.15, 0.2) is 12.3 Å². The molecule has 0 saturated heterocycles. The fourth-order valence-corrected chi connectivity index (χ4v) is 4.44. The summed E-state index contributed by atoms with van der Waals surface area (Å²) in [6.07, 6.45) is 5.60. The zero-order valence-electron chi connectivity index (χ0n) is 10.5. The second-order valence-electron chi connectivity index (χ2n) is 6.13. The van der Waals surface area contributed by atoms with E-state index < -0.39 is 5.97 Å². The quantitative estimate of drug-likeness (QED) is 0.770. The van der Waals surface area contributed by atoms with Gasteiger partial charge in [-0.3, -0.25) is 0 Å². The summed E-state index contributed by atoms with van der Waals surface area (Å²) < 4.78 is 0. The third-order valence-electron chi connectivity index (χ3n) is 5.18. The van der Waals surface area contributed by atoms with Crippen molar-refractivity contribution in [2.24, 2.45) is 23.7 Å². The van der Waals surface area contributed by atoms with Gasteiger partial charge in [0.25, 0.3) is 0 Å². The molecule has 5 heteroatoms. The number of carboxylic acid groups (broad SMARTS) is 1. The Morgan fingerprint density at radius 1 is 1.37 bits per heavy atom. The van der Waals surface area contributed by atoms with Crippen molar-refractivity contribution in [2.75, 3.05) is 11.1 Å². The number of nitrogens with zero attached hydrogens (tertiary/aromatic N) is 1. The van der Waals surface area contributed by atoms with Gasteiger partial charge in [0, 0.05) is 6.04 Å². The summed E-state index contributed by atoms with van der Waals surface area (Å²) in [5, 5.41) is 12.6. The Morgan fingerprint density at radius 2 is 2.05 bits per heavy atom. The molecule has 2 bridgehead atoms. The lowest BCUT2D eigenvalue weighted by Gasteiger charge is -2.13. The predicted molar refractivity (Wildman–Crippen MR) is 70.8 cm³/mol. The number of carbonyl (C=O) groups is 1. The Balaban J connectivity index is 1.57. The highest BCUT2D eigenvalue weighted by atomic mass is 16.4. The first kappa shape index (κ1) is 11.1. The van der Waals surface area contributed by atoms with Crippen LogP contribution in [0, 0.1) is 23.7 Å². The van der Waals surface area contributed by atoms with Gasteiger partial charge in [-0.15, -0.1) is 0 Å². The highest BCUT2D eigenvalue weighted by molar-refractivity contribution is 5.94. The fourth-order valence-electron chi connectivity index (χ4n) is 4.44. The van der Waals surface area contributed by atoms with Crippen LogP contribution in [0.25, 0.3) is 0 Å². The van der Waals surface area contributed by atoms with Crippen molar-refractivity contribution in [3.63, 3.8) is 0 Å². The van der Waals surface area contributed by atoms with Crippen LogP contribution in [0.1, 0.15) is 29.6 Å². The Labute approximate surface area is 111 Å². The number of nitrogen functional groups attached to an aromatic ring is 1. The number of hydrogen-bond acceptors (Lipinski definition) is 4. The number of aromatic nitrogens is 1.